The third kappa shape index (κ3) is 5.35. The third-order valence-corrected chi connectivity index (χ3v) is 3.59. The Morgan fingerprint density at radius 1 is 1.14 bits per heavy atom. The van der Waals surface area contributed by atoms with Gasteiger partial charge in [-0.2, -0.15) is 0 Å². The Morgan fingerprint density at radius 2 is 1.90 bits per heavy atom. The van der Waals surface area contributed by atoms with Crippen LogP contribution < -0.4 is 5.32 Å². The summed E-state index contributed by atoms with van der Waals surface area (Å²) in [4.78, 5) is 26.4. The first-order valence-corrected chi connectivity index (χ1v) is 7.55. The zero-order valence-corrected chi connectivity index (χ0v) is 12.2. The first-order valence-electron chi connectivity index (χ1n) is 6.61. The number of carbonyl (C=O) groups excluding carboxylic acids is 1. The molecule has 5 nitrogen and oxygen atoms in total. The molecule has 0 saturated heterocycles. The quantitative estimate of drug-likeness (QED) is 0.824. The summed E-state index contributed by atoms with van der Waals surface area (Å²) in [5.74, 6) is -0.865. The fourth-order valence-corrected chi connectivity index (χ4v) is 2.43. The number of carbonyl (C=O) groups is 2. The van der Waals surface area contributed by atoms with Crippen LogP contribution in [0.4, 0.5) is 5.69 Å². The van der Waals surface area contributed by atoms with Crippen LogP contribution in [0, 0.1) is 0 Å². The standard InChI is InChI=1S/C15H16N2O3S/c18-14(7-6-13-9-21-10-16-13)17-12-4-1-11(2-5-12)3-8-15(19)20/h1-2,4-5,9-10H,3,6-8H2,(H,17,18)(H,19,20). The number of hydrogen-bond donors (Lipinski definition) is 2. The third-order valence-electron chi connectivity index (χ3n) is 2.96. The summed E-state index contributed by atoms with van der Waals surface area (Å²) in [5, 5.41) is 13.4. The molecule has 0 spiro atoms. The summed E-state index contributed by atoms with van der Waals surface area (Å²) < 4.78 is 0. The van der Waals surface area contributed by atoms with Crippen LogP contribution in [0.2, 0.25) is 0 Å². The number of nitrogens with zero attached hydrogens (tertiary/aromatic N) is 1. The highest BCUT2D eigenvalue weighted by Crippen LogP contribution is 2.12. The topological polar surface area (TPSA) is 79.3 Å². The van der Waals surface area contributed by atoms with Gasteiger partial charge in [0.15, 0.2) is 0 Å². The van der Waals surface area contributed by atoms with Crippen molar-refractivity contribution in [3.05, 3.63) is 46.4 Å². The Balaban J connectivity index is 1.79. The van der Waals surface area contributed by atoms with Crippen molar-refractivity contribution in [2.24, 2.45) is 0 Å². The second-order valence-electron chi connectivity index (χ2n) is 4.62. The van der Waals surface area contributed by atoms with Crippen molar-refractivity contribution in [1.82, 2.24) is 4.98 Å². The van der Waals surface area contributed by atoms with E-state index in [-0.39, 0.29) is 12.3 Å². The highest BCUT2D eigenvalue weighted by atomic mass is 32.1. The van der Waals surface area contributed by atoms with Crippen LogP contribution >= 0.6 is 11.3 Å². The number of nitrogens with one attached hydrogen (secondary N) is 1. The second kappa shape index (κ2) is 7.54. The Hall–Kier alpha value is -2.21. The van der Waals surface area contributed by atoms with E-state index < -0.39 is 5.97 Å². The smallest absolute Gasteiger partial charge is 0.303 e. The molecule has 1 amide bonds. The normalized spacial score (nSPS) is 10.3. The van der Waals surface area contributed by atoms with E-state index >= 15 is 0 Å². The largest absolute Gasteiger partial charge is 0.481 e. The lowest BCUT2D eigenvalue weighted by atomic mass is 10.1. The Labute approximate surface area is 126 Å². The predicted octanol–water partition coefficient (Wildman–Crippen LogP) is 2.73. The zero-order valence-electron chi connectivity index (χ0n) is 11.4. The fourth-order valence-electron chi connectivity index (χ4n) is 1.83. The lowest BCUT2D eigenvalue weighted by Crippen LogP contribution is -2.12. The number of rotatable bonds is 7. The van der Waals surface area contributed by atoms with Crippen LogP contribution in [0.3, 0.4) is 0 Å². The number of carboxylic acid groups (broad SMARTS) is 1. The summed E-state index contributed by atoms with van der Waals surface area (Å²) in [7, 11) is 0. The maximum absolute atomic E-state index is 11.8. The Bertz CT molecular complexity index is 594. The number of benzene rings is 1. The minimum Gasteiger partial charge on any atom is -0.481 e. The molecule has 1 aromatic carbocycles. The molecule has 0 saturated carbocycles. The van der Waals surface area contributed by atoms with Crippen molar-refractivity contribution in [2.75, 3.05) is 5.32 Å². The van der Waals surface area contributed by atoms with Crippen LogP contribution in [0.15, 0.2) is 35.2 Å². The summed E-state index contributed by atoms with van der Waals surface area (Å²) in [6.07, 6.45) is 1.63. The highest BCUT2D eigenvalue weighted by Gasteiger charge is 2.05. The van der Waals surface area contributed by atoms with Gasteiger partial charge in [0.05, 0.1) is 11.2 Å². The summed E-state index contributed by atoms with van der Waals surface area (Å²) in [6, 6.07) is 7.24. The van der Waals surface area contributed by atoms with Gasteiger partial charge in [-0.15, -0.1) is 11.3 Å². The summed E-state index contributed by atoms with van der Waals surface area (Å²) in [5.41, 5.74) is 4.35. The van der Waals surface area contributed by atoms with E-state index in [0.29, 0.717) is 19.3 Å². The first kappa shape index (κ1) is 15.2. The predicted molar refractivity (Wildman–Crippen MR) is 81.5 cm³/mol. The minimum absolute atomic E-state index is 0.0544. The molecule has 6 heteroatoms. The molecule has 110 valence electrons. The van der Waals surface area contributed by atoms with Crippen molar-refractivity contribution >= 4 is 28.9 Å². The van der Waals surface area contributed by atoms with Gasteiger partial charge in [0.1, 0.15) is 0 Å². The molecule has 1 aromatic heterocycles. The SMILES string of the molecule is O=C(O)CCc1ccc(NC(=O)CCc2cscn2)cc1. The lowest BCUT2D eigenvalue weighted by Gasteiger charge is -2.06. The number of hydrogen-bond acceptors (Lipinski definition) is 4. The highest BCUT2D eigenvalue weighted by molar-refractivity contribution is 7.07. The molecule has 0 aliphatic rings. The van der Waals surface area contributed by atoms with Crippen LogP contribution in [0.5, 0.6) is 0 Å². The Morgan fingerprint density at radius 3 is 2.52 bits per heavy atom. The number of carboxylic acids is 1. The maximum atomic E-state index is 11.8. The van der Waals surface area contributed by atoms with Crippen LogP contribution in [-0.4, -0.2) is 22.0 Å². The van der Waals surface area contributed by atoms with Gasteiger partial charge in [0.25, 0.3) is 0 Å². The number of anilines is 1. The molecule has 0 bridgehead atoms. The van der Waals surface area contributed by atoms with Gasteiger partial charge in [-0.1, -0.05) is 12.1 Å². The number of aromatic nitrogens is 1. The molecule has 2 rings (SSSR count). The number of amides is 1. The van der Waals surface area contributed by atoms with E-state index in [1.165, 1.54) is 11.3 Å². The summed E-state index contributed by atoms with van der Waals surface area (Å²) >= 11 is 1.52. The van der Waals surface area contributed by atoms with Crippen molar-refractivity contribution in [3.63, 3.8) is 0 Å². The van der Waals surface area contributed by atoms with E-state index in [4.69, 9.17) is 5.11 Å². The molecule has 21 heavy (non-hydrogen) atoms. The van der Waals surface area contributed by atoms with Crippen LogP contribution in [0.25, 0.3) is 0 Å². The van der Waals surface area contributed by atoms with E-state index in [2.05, 4.69) is 10.3 Å². The average molecular weight is 304 g/mol. The van der Waals surface area contributed by atoms with Gasteiger partial charge < -0.3 is 10.4 Å². The van der Waals surface area contributed by atoms with Gasteiger partial charge in [-0.3, -0.25) is 9.59 Å². The minimum atomic E-state index is -0.811. The van der Waals surface area contributed by atoms with Crippen molar-refractivity contribution in [3.8, 4) is 0 Å². The molecule has 1 heterocycles. The van der Waals surface area contributed by atoms with E-state index in [1.54, 1.807) is 17.6 Å². The molecule has 0 atom stereocenters. The average Bonchev–Trinajstić information content (AvgIpc) is 2.98. The number of aryl methyl sites for hydroxylation is 2. The summed E-state index contributed by atoms with van der Waals surface area (Å²) in [6.45, 7) is 0. The van der Waals surface area contributed by atoms with E-state index in [1.807, 2.05) is 17.5 Å². The maximum Gasteiger partial charge on any atom is 0.303 e. The molecule has 0 radical (unpaired) electrons. The lowest BCUT2D eigenvalue weighted by molar-refractivity contribution is -0.137. The number of aliphatic carboxylic acids is 1. The van der Waals surface area contributed by atoms with Gasteiger partial charge in [0.2, 0.25) is 5.91 Å². The Kier molecular flexibility index (Phi) is 5.45. The molecule has 0 unspecified atom stereocenters. The van der Waals surface area contributed by atoms with E-state index in [0.717, 1.165) is 16.9 Å². The number of thiazole rings is 1. The molecule has 0 aliphatic carbocycles. The zero-order chi connectivity index (χ0) is 15.1. The van der Waals surface area contributed by atoms with Gasteiger partial charge in [0, 0.05) is 23.9 Å². The molecular formula is C15H16N2O3S. The van der Waals surface area contributed by atoms with Gasteiger partial charge >= 0.3 is 5.97 Å². The van der Waals surface area contributed by atoms with E-state index in [9.17, 15) is 9.59 Å². The van der Waals surface area contributed by atoms with Crippen LogP contribution in [-0.2, 0) is 22.4 Å². The van der Waals surface area contributed by atoms with Crippen molar-refractivity contribution < 1.29 is 14.7 Å². The molecule has 0 aliphatic heterocycles. The molecule has 0 fully saturated rings. The molecule has 2 N–H and O–H groups in total. The molecular weight excluding hydrogens is 288 g/mol. The van der Waals surface area contributed by atoms with Crippen molar-refractivity contribution in [2.45, 2.75) is 25.7 Å². The molecule has 2 aromatic rings. The first-order chi connectivity index (χ1) is 10.1. The second-order valence-corrected chi connectivity index (χ2v) is 5.34. The van der Waals surface area contributed by atoms with Gasteiger partial charge in [-0.25, -0.2) is 4.98 Å². The van der Waals surface area contributed by atoms with Gasteiger partial charge in [-0.05, 0) is 30.5 Å². The van der Waals surface area contributed by atoms with Crippen LogP contribution in [0.1, 0.15) is 24.1 Å². The fraction of sp³-hybridized carbons (Fsp3) is 0.267. The monoisotopic (exact) mass is 304 g/mol. The van der Waals surface area contributed by atoms with Crippen molar-refractivity contribution in [1.29, 1.82) is 0 Å².